The summed E-state index contributed by atoms with van der Waals surface area (Å²) in [7, 11) is 5.55. The zero-order valence-electron chi connectivity index (χ0n) is 18.7. The molecule has 0 aliphatic carbocycles. The van der Waals surface area contributed by atoms with E-state index in [0.29, 0.717) is 24.9 Å². The number of ether oxygens (including phenoxy) is 2. The lowest BCUT2D eigenvalue weighted by Crippen LogP contribution is -2.45. The number of guanidine groups is 1. The van der Waals surface area contributed by atoms with E-state index in [2.05, 4.69) is 43.5 Å². The Balaban J connectivity index is 0.00000341. The van der Waals surface area contributed by atoms with Crippen LogP contribution in [-0.2, 0) is 6.54 Å². The van der Waals surface area contributed by atoms with Crippen LogP contribution in [0.1, 0.15) is 12.5 Å². The Bertz CT molecular complexity index is 856. The van der Waals surface area contributed by atoms with Gasteiger partial charge in [0.05, 0.1) is 13.7 Å². The van der Waals surface area contributed by atoms with E-state index in [0.717, 1.165) is 49.0 Å². The van der Waals surface area contributed by atoms with Crippen molar-refractivity contribution in [3.8, 4) is 11.5 Å². The summed E-state index contributed by atoms with van der Waals surface area (Å²) in [5.74, 6) is 3.12. The summed E-state index contributed by atoms with van der Waals surface area (Å²) in [6.45, 7) is 7.24. The summed E-state index contributed by atoms with van der Waals surface area (Å²) in [5, 5.41) is 6.70. The fraction of sp³-hybridized carbons (Fsp3) is 0.455. The molecule has 1 aromatic heterocycles. The SMILES string of the molecule is CCOc1ccc(NC(=NC)NCc2cccnc2N2CCN(C)CC2)cc1OC.I. The molecule has 2 aromatic rings. The number of aliphatic imine (C=N–C) groups is 1. The predicted molar refractivity (Wildman–Crippen MR) is 137 cm³/mol. The second-order valence-corrected chi connectivity index (χ2v) is 7.13. The van der Waals surface area contributed by atoms with Gasteiger partial charge in [0.25, 0.3) is 0 Å². The number of pyridine rings is 1. The van der Waals surface area contributed by atoms with Gasteiger partial charge in [-0.3, -0.25) is 4.99 Å². The molecule has 2 N–H and O–H groups in total. The van der Waals surface area contributed by atoms with E-state index in [-0.39, 0.29) is 24.0 Å². The van der Waals surface area contributed by atoms with Gasteiger partial charge in [-0.25, -0.2) is 4.98 Å². The molecule has 0 atom stereocenters. The number of anilines is 2. The number of hydrogen-bond donors (Lipinski definition) is 2. The Labute approximate surface area is 202 Å². The van der Waals surface area contributed by atoms with Crippen molar-refractivity contribution in [2.75, 3.05) is 64.2 Å². The monoisotopic (exact) mass is 540 g/mol. The minimum atomic E-state index is 0. The molecule has 1 aliphatic rings. The average Bonchev–Trinajstić information content (AvgIpc) is 2.78. The number of nitrogens with one attached hydrogen (secondary N) is 2. The van der Waals surface area contributed by atoms with E-state index in [1.807, 2.05) is 37.4 Å². The molecule has 1 fully saturated rings. The highest BCUT2D eigenvalue weighted by molar-refractivity contribution is 14.0. The Morgan fingerprint density at radius 2 is 1.94 bits per heavy atom. The van der Waals surface area contributed by atoms with Gasteiger partial charge in [0.2, 0.25) is 0 Å². The lowest BCUT2D eigenvalue weighted by Gasteiger charge is -2.34. The molecular weight excluding hydrogens is 507 g/mol. The van der Waals surface area contributed by atoms with Crippen LogP contribution in [0.15, 0.2) is 41.5 Å². The Kier molecular flexibility index (Phi) is 10.1. The Morgan fingerprint density at radius 3 is 2.61 bits per heavy atom. The van der Waals surface area contributed by atoms with Crippen LogP contribution in [0.25, 0.3) is 0 Å². The van der Waals surface area contributed by atoms with Crippen LogP contribution < -0.4 is 25.0 Å². The highest BCUT2D eigenvalue weighted by Crippen LogP contribution is 2.30. The normalized spacial score (nSPS) is 14.6. The van der Waals surface area contributed by atoms with Crippen LogP contribution >= 0.6 is 24.0 Å². The number of likely N-dealkylation sites (N-methyl/N-ethyl adjacent to an activating group) is 1. The van der Waals surface area contributed by atoms with Crippen LogP contribution in [0.4, 0.5) is 11.5 Å². The molecule has 1 aromatic carbocycles. The highest BCUT2D eigenvalue weighted by atomic mass is 127. The van der Waals surface area contributed by atoms with Crippen molar-refractivity contribution in [1.82, 2.24) is 15.2 Å². The van der Waals surface area contributed by atoms with Gasteiger partial charge in [0, 0.05) is 63.3 Å². The standard InChI is InChI=1S/C22H32N6O2.HI/c1-5-30-19-9-8-18(15-20(19)29-4)26-22(23-2)25-16-17-7-6-10-24-21(17)28-13-11-27(3)12-14-28;/h6-10,15H,5,11-14,16H2,1-4H3,(H2,23,25,26);1H. The zero-order chi connectivity index (χ0) is 21.3. The van der Waals surface area contributed by atoms with E-state index in [4.69, 9.17) is 9.47 Å². The van der Waals surface area contributed by atoms with E-state index >= 15 is 0 Å². The fourth-order valence-corrected chi connectivity index (χ4v) is 3.39. The van der Waals surface area contributed by atoms with E-state index < -0.39 is 0 Å². The van der Waals surface area contributed by atoms with Crippen molar-refractivity contribution in [3.05, 3.63) is 42.1 Å². The van der Waals surface area contributed by atoms with Crippen LogP contribution in [0.2, 0.25) is 0 Å². The molecule has 31 heavy (non-hydrogen) atoms. The van der Waals surface area contributed by atoms with Crippen LogP contribution in [0.3, 0.4) is 0 Å². The van der Waals surface area contributed by atoms with Gasteiger partial charge in [-0.2, -0.15) is 0 Å². The number of aromatic nitrogens is 1. The molecule has 0 unspecified atom stereocenters. The molecule has 2 heterocycles. The van der Waals surface area contributed by atoms with Crippen molar-refractivity contribution in [1.29, 1.82) is 0 Å². The summed E-state index contributed by atoms with van der Waals surface area (Å²) in [6, 6.07) is 9.83. The molecule has 9 heteroatoms. The minimum Gasteiger partial charge on any atom is -0.493 e. The molecule has 1 aliphatic heterocycles. The van der Waals surface area contributed by atoms with Gasteiger partial charge in [-0.05, 0) is 32.2 Å². The van der Waals surface area contributed by atoms with E-state index in [9.17, 15) is 0 Å². The van der Waals surface area contributed by atoms with E-state index in [1.54, 1.807) is 14.2 Å². The third kappa shape index (κ3) is 6.86. The third-order valence-corrected chi connectivity index (χ3v) is 5.07. The number of benzene rings is 1. The van der Waals surface area contributed by atoms with Crippen molar-refractivity contribution in [2.45, 2.75) is 13.5 Å². The second kappa shape index (κ2) is 12.6. The number of rotatable bonds is 7. The highest BCUT2D eigenvalue weighted by Gasteiger charge is 2.18. The first-order valence-electron chi connectivity index (χ1n) is 10.3. The molecule has 0 saturated carbocycles. The summed E-state index contributed by atoms with van der Waals surface area (Å²) in [5.41, 5.74) is 2.02. The maximum absolute atomic E-state index is 5.58. The first-order valence-corrected chi connectivity index (χ1v) is 10.3. The lowest BCUT2D eigenvalue weighted by molar-refractivity contribution is 0.311. The number of methoxy groups -OCH3 is 1. The number of piperazine rings is 1. The van der Waals surface area contributed by atoms with E-state index in [1.165, 1.54) is 0 Å². The van der Waals surface area contributed by atoms with Crippen molar-refractivity contribution < 1.29 is 9.47 Å². The van der Waals surface area contributed by atoms with Gasteiger partial charge in [-0.15, -0.1) is 24.0 Å². The molecule has 0 amide bonds. The van der Waals surface area contributed by atoms with Crippen molar-refractivity contribution >= 4 is 41.4 Å². The van der Waals surface area contributed by atoms with Crippen LogP contribution in [-0.4, -0.2) is 69.8 Å². The van der Waals surface area contributed by atoms with Gasteiger partial charge >= 0.3 is 0 Å². The van der Waals surface area contributed by atoms with Crippen LogP contribution in [0, 0.1) is 0 Å². The molecule has 1 saturated heterocycles. The van der Waals surface area contributed by atoms with Gasteiger partial charge in [0.1, 0.15) is 5.82 Å². The van der Waals surface area contributed by atoms with Crippen LogP contribution in [0.5, 0.6) is 11.5 Å². The minimum absolute atomic E-state index is 0. The van der Waals surface area contributed by atoms with Crippen molar-refractivity contribution in [3.63, 3.8) is 0 Å². The summed E-state index contributed by atoms with van der Waals surface area (Å²) in [6.07, 6.45) is 1.86. The molecule has 0 bridgehead atoms. The zero-order valence-corrected chi connectivity index (χ0v) is 21.1. The maximum atomic E-state index is 5.58. The average molecular weight is 540 g/mol. The fourth-order valence-electron chi connectivity index (χ4n) is 3.39. The smallest absolute Gasteiger partial charge is 0.195 e. The molecule has 8 nitrogen and oxygen atoms in total. The Hall–Kier alpha value is -2.27. The predicted octanol–water partition coefficient (Wildman–Crippen LogP) is 3.05. The first-order chi connectivity index (χ1) is 14.6. The molecule has 3 rings (SSSR count). The molecule has 0 radical (unpaired) electrons. The Morgan fingerprint density at radius 1 is 1.16 bits per heavy atom. The van der Waals surface area contributed by atoms with Gasteiger partial charge in [0.15, 0.2) is 17.5 Å². The summed E-state index contributed by atoms with van der Waals surface area (Å²) in [4.78, 5) is 13.7. The maximum Gasteiger partial charge on any atom is 0.195 e. The number of nitrogens with zero attached hydrogens (tertiary/aromatic N) is 4. The topological polar surface area (TPSA) is 74.2 Å². The van der Waals surface area contributed by atoms with Crippen molar-refractivity contribution in [2.24, 2.45) is 4.99 Å². The summed E-state index contributed by atoms with van der Waals surface area (Å²) >= 11 is 0. The first kappa shape index (κ1) is 25.0. The molecular formula is C22H33IN6O2. The third-order valence-electron chi connectivity index (χ3n) is 5.07. The number of halogens is 1. The molecule has 0 spiro atoms. The lowest BCUT2D eigenvalue weighted by atomic mass is 10.2. The molecule has 170 valence electrons. The number of hydrogen-bond acceptors (Lipinski definition) is 6. The van der Waals surface area contributed by atoms with Gasteiger partial charge < -0.3 is 29.9 Å². The quantitative estimate of drug-likeness (QED) is 0.318. The largest absolute Gasteiger partial charge is 0.493 e. The van der Waals surface area contributed by atoms with Gasteiger partial charge in [-0.1, -0.05) is 6.07 Å². The summed E-state index contributed by atoms with van der Waals surface area (Å²) < 4.78 is 11.0. The second-order valence-electron chi connectivity index (χ2n) is 7.13.